The lowest BCUT2D eigenvalue weighted by atomic mass is 10.1. The number of pyridine rings is 1. The molecule has 0 aliphatic rings. The minimum atomic E-state index is -0.656. The summed E-state index contributed by atoms with van der Waals surface area (Å²) in [6.07, 6.45) is -0.656. The van der Waals surface area contributed by atoms with Crippen molar-refractivity contribution >= 4 is 28.3 Å². The Kier molecular flexibility index (Phi) is 4.67. The summed E-state index contributed by atoms with van der Waals surface area (Å²) >= 11 is 0. The summed E-state index contributed by atoms with van der Waals surface area (Å²) in [5, 5.41) is 11.0. The SMILES string of the molecule is CC(=O)N(Cc1ccc2ccc(N)nc2c1)c1ccccc1C(C)O. The van der Waals surface area contributed by atoms with E-state index >= 15 is 0 Å². The minimum absolute atomic E-state index is 0.0891. The van der Waals surface area contributed by atoms with E-state index in [0.717, 1.165) is 22.0 Å². The first-order valence-electron chi connectivity index (χ1n) is 8.16. The Morgan fingerprint density at radius 3 is 2.64 bits per heavy atom. The normalized spacial score (nSPS) is 12.1. The Hall–Kier alpha value is -2.92. The fraction of sp³-hybridized carbons (Fsp3) is 0.200. The number of anilines is 2. The number of benzene rings is 2. The van der Waals surface area contributed by atoms with Crippen molar-refractivity contribution in [1.82, 2.24) is 4.98 Å². The van der Waals surface area contributed by atoms with Gasteiger partial charge in [0.15, 0.2) is 0 Å². The second-order valence-corrected chi connectivity index (χ2v) is 6.10. The van der Waals surface area contributed by atoms with Gasteiger partial charge in [-0.1, -0.05) is 30.3 Å². The molecule has 1 aromatic heterocycles. The van der Waals surface area contributed by atoms with E-state index in [1.807, 2.05) is 48.5 Å². The third-order valence-electron chi connectivity index (χ3n) is 4.18. The summed E-state index contributed by atoms with van der Waals surface area (Å²) < 4.78 is 0. The predicted octanol–water partition coefficient (Wildman–Crippen LogP) is 3.42. The molecule has 0 aliphatic carbocycles. The van der Waals surface area contributed by atoms with Crippen LogP contribution in [0.4, 0.5) is 11.5 Å². The molecule has 5 heteroatoms. The van der Waals surface area contributed by atoms with Crippen LogP contribution in [0.2, 0.25) is 0 Å². The molecular formula is C20H21N3O2. The molecule has 25 heavy (non-hydrogen) atoms. The van der Waals surface area contributed by atoms with E-state index in [4.69, 9.17) is 5.73 Å². The number of para-hydroxylation sites is 1. The van der Waals surface area contributed by atoms with Gasteiger partial charge in [0.05, 0.1) is 18.2 Å². The largest absolute Gasteiger partial charge is 0.389 e. The van der Waals surface area contributed by atoms with Gasteiger partial charge in [-0.3, -0.25) is 4.79 Å². The number of hydrogen-bond acceptors (Lipinski definition) is 4. The fourth-order valence-electron chi connectivity index (χ4n) is 2.91. The first-order valence-corrected chi connectivity index (χ1v) is 8.16. The van der Waals surface area contributed by atoms with Crippen molar-refractivity contribution in [3.63, 3.8) is 0 Å². The van der Waals surface area contributed by atoms with Crippen molar-refractivity contribution in [2.24, 2.45) is 0 Å². The topological polar surface area (TPSA) is 79.5 Å². The molecule has 0 bridgehead atoms. The first-order chi connectivity index (χ1) is 12.0. The van der Waals surface area contributed by atoms with E-state index in [1.165, 1.54) is 6.92 Å². The fourth-order valence-corrected chi connectivity index (χ4v) is 2.91. The second kappa shape index (κ2) is 6.91. The third-order valence-corrected chi connectivity index (χ3v) is 4.18. The minimum Gasteiger partial charge on any atom is -0.389 e. The average Bonchev–Trinajstić information content (AvgIpc) is 2.59. The van der Waals surface area contributed by atoms with Gasteiger partial charge >= 0.3 is 0 Å². The average molecular weight is 335 g/mol. The predicted molar refractivity (Wildman–Crippen MR) is 100 cm³/mol. The summed E-state index contributed by atoms with van der Waals surface area (Å²) in [4.78, 5) is 18.3. The second-order valence-electron chi connectivity index (χ2n) is 6.10. The molecule has 0 fully saturated rings. The molecule has 1 amide bonds. The highest BCUT2D eigenvalue weighted by atomic mass is 16.3. The van der Waals surface area contributed by atoms with Crippen LogP contribution in [0, 0.1) is 0 Å². The molecule has 1 atom stereocenters. The van der Waals surface area contributed by atoms with Crippen molar-refractivity contribution in [2.45, 2.75) is 26.5 Å². The molecule has 128 valence electrons. The number of hydrogen-bond donors (Lipinski definition) is 2. The number of aliphatic hydroxyl groups excluding tert-OH is 1. The van der Waals surface area contributed by atoms with Crippen LogP contribution in [0.3, 0.4) is 0 Å². The van der Waals surface area contributed by atoms with Gasteiger partial charge in [0.2, 0.25) is 5.91 Å². The molecule has 3 rings (SSSR count). The smallest absolute Gasteiger partial charge is 0.224 e. The maximum atomic E-state index is 12.2. The lowest BCUT2D eigenvalue weighted by molar-refractivity contribution is -0.116. The molecule has 2 aromatic carbocycles. The molecule has 0 aliphatic heterocycles. The summed E-state index contributed by atoms with van der Waals surface area (Å²) in [6.45, 7) is 3.61. The van der Waals surface area contributed by atoms with Gasteiger partial charge in [-0.2, -0.15) is 0 Å². The summed E-state index contributed by atoms with van der Waals surface area (Å²) in [6, 6.07) is 17.0. The molecule has 3 aromatic rings. The summed E-state index contributed by atoms with van der Waals surface area (Å²) in [5.41, 5.74) is 8.94. The van der Waals surface area contributed by atoms with Crippen LogP contribution in [-0.2, 0) is 11.3 Å². The standard InChI is InChI=1S/C20H21N3O2/c1-13(24)17-5-3-4-6-19(17)23(14(2)25)12-15-7-8-16-9-10-20(21)22-18(16)11-15/h3-11,13,24H,12H2,1-2H3,(H2,21,22). The number of carbonyl (C=O) groups excluding carboxylic acids is 1. The molecular weight excluding hydrogens is 314 g/mol. The summed E-state index contributed by atoms with van der Waals surface area (Å²) in [5.74, 6) is 0.376. The summed E-state index contributed by atoms with van der Waals surface area (Å²) in [7, 11) is 0. The molecule has 0 radical (unpaired) electrons. The van der Waals surface area contributed by atoms with Gasteiger partial charge in [0.25, 0.3) is 0 Å². The number of nitrogens with two attached hydrogens (primary N) is 1. The monoisotopic (exact) mass is 335 g/mol. The first kappa shape index (κ1) is 16.9. The van der Waals surface area contributed by atoms with Crippen molar-refractivity contribution in [2.75, 3.05) is 10.6 Å². The van der Waals surface area contributed by atoms with Crippen LogP contribution < -0.4 is 10.6 Å². The number of carbonyl (C=O) groups is 1. The zero-order chi connectivity index (χ0) is 18.0. The molecule has 5 nitrogen and oxygen atoms in total. The highest BCUT2D eigenvalue weighted by Gasteiger charge is 2.18. The van der Waals surface area contributed by atoms with Gasteiger partial charge in [-0.05, 0) is 36.8 Å². The lowest BCUT2D eigenvalue weighted by Crippen LogP contribution is -2.29. The van der Waals surface area contributed by atoms with Crippen molar-refractivity contribution in [3.05, 3.63) is 65.7 Å². The van der Waals surface area contributed by atoms with E-state index in [0.29, 0.717) is 18.1 Å². The van der Waals surface area contributed by atoms with Gasteiger partial charge in [-0.15, -0.1) is 0 Å². The van der Waals surface area contributed by atoms with Gasteiger partial charge in [0.1, 0.15) is 5.82 Å². The van der Waals surface area contributed by atoms with Crippen molar-refractivity contribution in [3.8, 4) is 0 Å². The highest BCUT2D eigenvalue weighted by molar-refractivity contribution is 5.92. The molecule has 0 saturated heterocycles. The maximum absolute atomic E-state index is 12.2. The van der Waals surface area contributed by atoms with E-state index in [-0.39, 0.29) is 5.91 Å². The van der Waals surface area contributed by atoms with Crippen LogP contribution >= 0.6 is 0 Å². The Morgan fingerprint density at radius 2 is 1.92 bits per heavy atom. The Bertz CT molecular complexity index is 922. The molecule has 1 heterocycles. The number of rotatable bonds is 4. The molecule has 3 N–H and O–H groups in total. The van der Waals surface area contributed by atoms with Gasteiger partial charge in [0, 0.05) is 23.6 Å². The van der Waals surface area contributed by atoms with Gasteiger partial charge < -0.3 is 15.7 Å². The third kappa shape index (κ3) is 3.61. The zero-order valence-corrected chi connectivity index (χ0v) is 14.3. The number of aromatic nitrogens is 1. The van der Waals surface area contributed by atoms with Crippen LogP contribution in [0.25, 0.3) is 10.9 Å². The highest BCUT2D eigenvalue weighted by Crippen LogP contribution is 2.28. The van der Waals surface area contributed by atoms with E-state index < -0.39 is 6.10 Å². The molecule has 1 unspecified atom stereocenters. The lowest BCUT2D eigenvalue weighted by Gasteiger charge is -2.25. The van der Waals surface area contributed by atoms with Crippen LogP contribution in [0.5, 0.6) is 0 Å². The van der Waals surface area contributed by atoms with Gasteiger partial charge in [-0.25, -0.2) is 4.98 Å². The number of fused-ring (bicyclic) bond motifs is 1. The number of amides is 1. The number of aliphatic hydroxyl groups is 1. The van der Waals surface area contributed by atoms with E-state index in [1.54, 1.807) is 17.9 Å². The zero-order valence-electron chi connectivity index (χ0n) is 14.3. The van der Waals surface area contributed by atoms with Crippen LogP contribution in [0.1, 0.15) is 31.1 Å². The quantitative estimate of drug-likeness (QED) is 0.765. The van der Waals surface area contributed by atoms with Crippen molar-refractivity contribution < 1.29 is 9.90 Å². The maximum Gasteiger partial charge on any atom is 0.224 e. The number of nitrogens with zero attached hydrogens (tertiary/aromatic N) is 2. The Labute approximate surface area is 146 Å². The Morgan fingerprint density at radius 1 is 1.20 bits per heavy atom. The molecule has 0 saturated carbocycles. The van der Waals surface area contributed by atoms with E-state index in [2.05, 4.69) is 4.98 Å². The number of nitrogen functional groups attached to an aromatic ring is 1. The van der Waals surface area contributed by atoms with Crippen molar-refractivity contribution in [1.29, 1.82) is 0 Å². The van der Waals surface area contributed by atoms with Crippen LogP contribution in [0.15, 0.2) is 54.6 Å². The van der Waals surface area contributed by atoms with E-state index in [9.17, 15) is 9.90 Å². The Balaban J connectivity index is 1.99. The van der Waals surface area contributed by atoms with Crippen LogP contribution in [-0.4, -0.2) is 16.0 Å². The molecule has 0 spiro atoms.